The fraction of sp³-hybridized carbons (Fsp3) is 0.683. The summed E-state index contributed by atoms with van der Waals surface area (Å²) in [5, 5.41) is 36.0. The number of aliphatic hydroxyl groups excluding tert-OH is 2. The maximum Gasteiger partial charge on any atom is 0.472 e. The summed E-state index contributed by atoms with van der Waals surface area (Å²) in [5.41, 5.74) is 4.64. The van der Waals surface area contributed by atoms with E-state index < -0.39 is 57.5 Å². The molecule has 1 saturated heterocycles. The zero-order valence-electron chi connectivity index (χ0n) is 33.6. The molecule has 1 aliphatic rings. The van der Waals surface area contributed by atoms with E-state index in [0.717, 1.165) is 25.6 Å². The first-order chi connectivity index (χ1) is 28.0. The van der Waals surface area contributed by atoms with Crippen molar-refractivity contribution in [3.63, 3.8) is 0 Å². The van der Waals surface area contributed by atoms with Crippen molar-refractivity contribution < 1.29 is 51.7 Å². The van der Waals surface area contributed by atoms with Crippen molar-refractivity contribution >= 4 is 19.2 Å². The number of phosphoric acid groups is 1. The van der Waals surface area contributed by atoms with Gasteiger partial charge in [0.15, 0.2) is 5.82 Å². The highest BCUT2D eigenvalue weighted by Crippen LogP contribution is 2.46. The van der Waals surface area contributed by atoms with E-state index in [-0.39, 0.29) is 30.3 Å². The number of aliphatic hydroxyl groups is 2. The second-order valence-corrected chi connectivity index (χ2v) is 16.5. The normalized spacial score (nSPS) is 21.1. The van der Waals surface area contributed by atoms with E-state index in [1.807, 2.05) is 6.07 Å². The Balaban J connectivity index is 1.19. The van der Waals surface area contributed by atoms with Gasteiger partial charge >= 0.3 is 7.82 Å². The molecule has 1 aromatic carbocycles. The Morgan fingerprint density at radius 3 is 2.10 bits per heavy atom. The van der Waals surface area contributed by atoms with Crippen molar-refractivity contribution in [1.82, 2.24) is 14.6 Å². The molecular formula is C41H62F2N5O9P. The van der Waals surface area contributed by atoms with E-state index in [9.17, 15) is 33.7 Å². The third-order valence-corrected chi connectivity index (χ3v) is 11.4. The summed E-state index contributed by atoms with van der Waals surface area (Å²) in [7, 11) is -4.81. The molecule has 0 bridgehead atoms. The number of nitrogen functional groups attached to an aromatic ring is 1. The fourth-order valence-electron chi connectivity index (χ4n) is 7.02. The monoisotopic (exact) mass is 837 g/mol. The number of alkyl halides is 2. The number of unbranched alkanes of at least 4 members (excludes halogenated alkanes) is 15. The van der Waals surface area contributed by atoms with Gasteiger partial charge in [0.1, 0.15) is 42.3 Å². The molecule has 14 nitrogen and oxygen atoms in total. The first-order valence-electron chi connectivity index (χ1n) is 20.7. The van der Waals surface area contributed by atoms with Gasteiger partial charge in [-0.3, -0.25) is 9.05 Å². The Hall–Kier alpha value is -3.10. The zero-order valence-corrected chi connectivity index (χ0v) is 34.5. The molecule has 0 amide bonds. The second-order valence-electron chi connectivity index (χ2n) is 15.0. The summed E-state index contributed by atoms with van der Waals surface area (Å²) in [4.78, 5) is 14.5. The van der Waals surface area contributed by atoms with Crippen molar-refractivity contribution in [2.75, 3.05) is 32.2 Å². The Kier molecular flexibility index (Phi) is 20.4. The summed E-state index contributed by atoms with van der Waals surface area (Å²) < 4.78 is 68.3. The molecule has 0 spiro atoms. The second kappa shape index (κ2) is 24.9. The minimum Gasteiger partial charge on any atom is -0.387 e. The number of ether oxygens (including phenoxy) is 3. The molecule has 1 unspecified atom stereocenters. The molecule has 17 heteroatoms. The number of nitriles is 1. The molecule has 6 atom stereocenters. The highest BCUT2D eigenvalue weighted by molar-refractivity contribution is 7.47. The highest BCUT2D eigenvalue weighted by atomic mass is 31.2. The molecule has 3 heterocycles. The summed E-state index contributed by atoms with van der Waals surface area (Å²) in [6.07, 6.45) is 12.9. The Bertz CT molecular complexity index is 1720. The molecule has 2 aromatic heterocycles. The Morgan fingerprint density at radius 1 is 0.914 bits per heavy atom. The average molecular weight is 838 g/mol. The minimum absolute atomic E-state index is 0.00222. The number of hydrogen-bond acceptors (Lipinski definition) is 12. The van der Waals surface area contributed by atoms with Crippen LogP contribution in [0.25, 0.3) is 5.52 Å². The predicted octanol–water partition coefficient (Wildman–Crippen LogP) is 8.09. The third-order valence-electron chi connectivity index (χ3n) is 10.5. The molecular weight excluding hydrogens is 775 g/mol. The number of phosphoric ester groups is 1. The Morgan fingerprint density at radius 2 is 1.52 bits per heavy atom. The van der Waals surface area contributed by atoms with Crippen LogP contribution < -0.4 is 5.73 Å². The predicted molar refractivity (Wildman–Crippen MR) is 214 cm³/mol. The van der Waals surface area contributed by atoms with Gasteiger partial charge in [0.05, 0.1) is 32.1 Å². The maximum absolute atomic E-state index is 13.0. The van der Waals surface area contributed by atoms with Crippen LogP contribution in [0.3, 0.4) is 0 Å². The zero-order chi connectivity index (χ0) is 41.8. The van der Waals surface area contributed by atoms with Gasteiger partial charge in [-0.2, -0.15) is 10.4 Å². The number of nitrogens with two attached hydrogens (primary N) is 1. The molecule has 5 N–H and O–H groups in total. The first-order valence-corrected chi connectivity index (χ1v) is 22.2. The number of benzene rings is 1. The number of anilines is 1. The van der Waals surface area contributed by atoms with Gasteiger partial charge in [-0.15, -0.1) is 0 Å². The fourth-order valence-corrected chi connectivity index (χ4v) is 7.78. The van der Waals surface area contributed by atoms with Crippen molar-refractivity contribution in [1.29, 1.82) is 5.26 Å². The summed E-state index contributed by atoms with van der Waals surface area (Å²) in [6, 6.07) is 10.5. The van der Waals surface area contributed by atoms with E-state index in [2.05, 4.69) is 17.0 Å². The highest BCUT2D eigenvalue weighted by Gasteiger charge is 2.58. The molecule has 4 rings (SSSR count). The minimum atomic E-state index is -4.81. The van der Waals surface area contributed by atoms with Crippen molar-refractivity contribution in [3.05, 3.63) is 59.5 Å². The van der Waals surface area contributed by atoms with Gasteiger partial charge in [-0.05, 0) is 24.1 Å². The smallest absolute Gasteiger partial charge is 0.387 e. The first kappa shape index (κ1) is 47.6. The topological polar surface area (TPSA) is 204 Å². The molecule has 0 radical (unpaired) electrons. The van der Waals surface area contributed by atoms with Gasteiger partial charge in [-0.1, -0.05) is 128 Å². The van der Waals surface area contributed by atoms with E-state index in [0.29, 0.717) is 17.7 Å². The lowest BCUT2D eigenvalue weighted by molar-refractivity contribution is -0.0690. The summed E-state index contributed by atoms with van der Waals surface area (Å²) in [6.45, 7) is 1.56. The number of fused-ring (bicyclic) bond motifs is 1. The van der Waals surface area contributed by atoms with Crippen LogP contribution in [-0.2, 0) is 40.0 Å². The number of nitrogens with zero attached hydrogens (tertiary/aromatic N) is 4. The van der Waals surface area contributed by atoms with Crippen molar-refractivity contribution in [2.24, 2.45) is 0 Å². The largest absolute Gasteiger partial charge is 0.472 e. The lowest BCUT2D eigenvalue weighted by Crippen LogP contribution is -2.41. The molecule has 1 aliphatic heterocycles. The molecule has 58 heavy (non-hydrogen) atoms. The van der Waals surface area contributed by atoms with Gasteiger partial charge in [-0.25, -0.2) is 22.8 Å². The van der Waals surface area contributed by atoms with E-state index >= 15 is 0 Å². The van der Waals surface area contributed by atoms with Crippen LogP contribution in [0, 0.1) is 11.3 Å². The number of hydrogen-bond donors (Lipinski definition) is 4. The van der Waals surface area contributed by atoms with Crippen molar-refractivity contribution in [2.45, 2.75) is 153 Å². The third kappa shape index (κ3) is 14.6. The van der Waals surface area contributed by atoms with Gasteiger partial charge in [0.2, 0.25) is 5.60 Å². The summed E-state index contributed by atoms with van der Waals surface area (Å²) >= 11 is 0. The molecule has 1 fully saturated rings. The van der Waals surface area contributed by atoms with Crippen LogP contribution in [0.15, 0.2) is 42.7 Å². The number of rotatable bonds is 30. The number of halogens is 2. The van der Waals surface area contributed by atoms with Gasteiger partial charge in [0, 0.05) is 12.2 Å². The average Bonchev–Trinajstić information content (AvgIpc) is 3.76. The van der Waals surface area contributed by atoms with Crippen LogP contribution >= 0.6 is 7.82 Å². The van der Waals surface area contributed by atoms with Crippen LogP contribution in [0.1, 0.15) is 133 Å². The molecule has 0 aliphatic carbocycles. The van der Waals surface area contributed by atoms with E-state index in [4.69, 9.17) is 29.0 Å². The van der Waals surface area contributed by atoms with Crippen LogP contribution in [-0.4, -0.2) is 80.5 Å². The van der Waals surface area contributed by atoms with E-state index in [1.165, 1.54) is 124 Å². The molecule has 3 aromatic rings. The SMILES string of the molecule is CCCCCCCCCCCCCCCCCCOC[C@H](COP(=O)(O)OC[C@H]1O[C@@](C#N)(c2ccc3c(N)ncnn23)[C@H](O)[C@@H]1O)OCc1ccc(C(F)F)cc1. The number of aromatic nitrogens is 3. The van der Waals surface area contributed by atoms with E-state index in [1.54, 1.807) is 0 Å². The van der Waals surface area contributed by atoms with Gasteiger partial charge < -0.3 is 35.1 Å². The summed E-state index contributed by atoms with van der Waals surface area (Å²) in [5.74, 6) is 0.109. The standard InChI is InChI=1S/C41H62F2N5O9P/c1-2-3-4-5-6-7-8-9-10-11-12-13-14-15-16-17-24-53-26-33(54-25-31-18-20-32(21-19-31)39(42)43)27-55-58(51,52)56-28-35-37(49)38(50)41(29-44,57-35)36-23-22-34-40(45)46-30-47-48(34)36/h18-23,30,33,35,37-39,49-50H,2-17,24-28H2,1H3,(H,51,52)(H2,45,46,47)/t33-,35-,37-,38-,41+/m1/s1. The Labute approximate surface area is 340 Å². The lowest BCUT2D eigenvalue weighted by atomic mass is 9.92. The van der Waals surface area contributed by atoms with Gasteiger partial charge in [0.25, 0.3) is 6.43 Å². The molecule has 324 valence electrons. The van der Waals surface area contributed by atoms with Crippen LogP contribution in [0.5, 0.6) is 0 Å². The lowest BCUT2D eigenvalue weighted by Gasteiger charge is -2.24. The molecule has 0 saturated carbocycles. The maximum atomic E-state index is 13.0. The quantitative estimate of drug-likeness (QED) is 0.0371. The van der Waals surface area contributed by atoms with Crippen LogP contribution in [0.4, 0.5) is 14.6 Å². The van der Waals surface area contributed by atoms with Crippen molar-refractivity contribution in [3.8, 4) is 6.07 Å². The van der Waals surface area contributed by atoms with Crippen LogP contribution in [0.2, 0.25) is 0 Å².